The van der Waals surface area contributed by atoms with Crippen molar-refractivity contribution in [3.63, 3.8) is 0 Å². The largest absolute Gasteiger partial charge is 0.480 e. The quantitative estimate of drug-likeness (QED) is 0.320. The zero-order valence-electron chi connectivity index (χ0n) is 23.1. The molecule has 3 aromatic heterocycles. The number of anilines is 2. The maximum Gasteiger partial charge on any atom is 0.259 e. The Hall–Kier alpha value is -4.35. The summed E-state index contributed by atoms with van der Waals surface area (Å²) in [6, 6.07) is 9.91. The first-order valence-electron chi connectivity index (χ1n) is 13.2. The number of pyridine rings is 2. The Kier molecular flexibility index (Phi) is 8.04. The number of fused-ring (bicyclic) bond motifs is 1. The Morgan fingerprint density at radius 2 is 1.93 bits per heavy atom. The fourth-order valence-electron chi connectivity index (χ4n) is 5.15. The lowest BCUT2D eigenvalue weighted by Crippen LogP contribution is -2.41. The Morgan fingerprint density at radius 1 is 1.12 bits per heavy atom. The average Bonchev–Trinajstić information content (AvgIpc) is 2.97. The number of H-pyrrole nitrogens is 1. The van der Waals surface area contributed by atoms with Crippen LogP contribution in [0.2, 0.25) is 0 Å². The van der Waals surface area contributed by atoms with Crippen LogP contribution in [0.15, 0.2) is 53.7 Å². The highest BCUT2D eigenvalue weighted by atomic mass is 16.7. The van der Waals surface area contributed by atoms with Crippen molar-refractivity contribution in [3.8, 4) is 17.3 Å². The number of piperidine rings is 1. The molecule has 0 aliphatic carbocycles. The fraction of sp³-hybridized carbons (Fsp3) is 0.345. The lowest BCUT2D eigenvalue weighted by Gasteiger charge is -2.33. The molecule has 11 heteroatoms. The number of aromatic nitrogens is 4. The number of benzene rings is 1. The van der Waals surface area contributed by atoms with Gasteiger partial charge in [0.05, 0.1) is 44.2 Å². The molecule has 0 bridgehead atoms. The summed E-state index contributed by atoms with van der Waals surface area (Å²) >= 11 is 0. The number of carbonyl (C=O) groups is 1. The molecule has 11 nitrogen and oxygen atoms in total. The van der Waals surface area contributed by atoms with E-state index in [4.69, 9.17) is 14.6 Å². The van der Waals surface area contributed by atoms with Crippen molar-refractivity contribution in [2.45, 2.75) is 25.7 Å². The van der Waals surface area contributed by atoms with Gasteiger partial charge in [-0.1, -0.05) is 6.07 Å². The molecule has 1 aliphatic heterocycles. The van der Waals surface area contributed by atoms with Crippen LogP contribution in [-0.2, 0) is 9.63 Å². The SMILES string of the molecule is COc1cncc(-c2cc3cc[nH]c(=O)c3c(Nc3ccc(C4CCN(CC(=O)N(C)OC)CC4)c(C)c3)n2)n1. The van der Waals surface area contributed by atoms with Gasteiger partial charge in [0.15, 0.2) is 0 Å². The first-order valence-corrected chi connectivity index (χ1v) is 13.2. The van der Waals surface area contributed by atoms with E-state index in [2.05, 4.69) is 44.2 Å². The van der Waals surface area contributed by atoms with Gasteiger partial charge in [0.25, 0.3) is 11.5 Å². The third-order valence-electron chi connectivity index (χ3n) is 7.38. The molecule has 1 amide bonds. The van der Waals surface area contributed by atoms with Gasteiger partial charge in [-0.2, -0.15) is 0 Å². The van der Waals surface area contributed by atoms with Gasteiger partial charge in [-0.15, -0.1) is 0 Å². The van der Waals surface area contributed by atoms with Crippen LogP contribution in [0.3, 0.4) is 0 Å². The molecule has 40 heavy (non-hydrogen) atoms. The van der Waals surface area contributed by atoms with Crippen molar-refractivity contribution in [1.82, 2.24) is 29.9 Å². The number of rotatable bonds is 8. The van der Waals surface area contributed by atoms with Crippen molar-refractivity contribution in [1.29, 1.82) is 0 Å². The first-order chi connectivity index (χ1) is 19.4. The zero-order chi connectivity index (χ0) is 28.2. The highest BCUT2D eigenvalue weighted by Crippen LogP contribution is 2.33. The number of hydrogen-bond acceptors (Lipinski definition) is 9. The maximum atomic E-state index is 12.8. The van der Waals surface area contributed by atoms with E-state index in [1.165, 1.54) is 31.0 Å². The van der Waals surface area contributed by atoms with E-state index < -0.39 is 0 Å². The van der Waals surface area contributed by atoms with Crippen LogP contribution in [0.5, 0.6) is 5.88 Å². The van der Waals surface area contributed by atoms with Gasteiger partial charge in [0.1, 0.15) is 11.5 Å². The lowest BCUT2D eigenvalue weighted by atomic mass is 9.86. The molecule has 5 rings (SSSR count). The van der Waals surface area contributed by atoms with E-state index in [0.29, 0.717) is 40.9 Å². The molecule has 0 radical (unpaired) electrons. The van der Waals surface area contributed by atoms with Crippen LogP contribution in [-0.4, -0.2) is 76.7 Å². The summed E-state index contributed by atoms with van der Waals surface area (Å²) in [5.74, 6) is 1.18. The summed E-state index contributed by atoms with van der Waals surface area (Å²) in [6.07, 6.45) is 6.71. The van der Waals surface area contributed by atoms with Crippen molar-refractivity contribution in [2.75, 3.05) is 46.2 Å². The molecule has 4 aromatic rings. The molecule has 1 aliphatic rings. The second-order valence-corrected chi connectivity index (χ2v) is 9.89. The minimum absolute atomic E-state index is 0.0463. The van der Waals surface area contributed by atoms with Crippen molar-refractivity contribution < 1.29 is 14.4 Å². The number of likely N-dealkylation sites (N-methyl/N-ethyl adjacent to an activating group) is 1. The minimum atomic E-state index is -0.231. The highest BCUT2D eigenvalue weighted by Gasteiger charge is 2.24. The standard InChI is InChI=1S/C29H33N7O4/c1-18-13-21(5-6-22(18)19-8-11-36(12-9-19)17-26(37)35(2)40-4)32-28-27-20(7-10-31-29(27)38)14-23(34-28)24-15-30-16-25(33-24)39-3/h5-7,10,13-16,19H,8-9,11-12,17H2,1-4H3,(H,31,38)(H,32,34). The summed E-state index contributed by atoms with van der Waals surface area (Å²) in [5.41, 5.74) is 4.16. The number of hydroxylamine groups is 2. The number of nitrogens with one attached hydrogen (secondary N) is 2. The van der Waals surface area contributed by atoms with E-state index in [1.54, 1.807) is 19.4 Å². The molecule has 1 aromatic carbocycles. The van der Waals surface area contributed by atoms with Crippen molar-refractivity contribution in [3.05, 3.63) is 70.4 Å². The molecule has 4 heterocycles. The predicted octanol–water partition coefficient (Wildman–Crippen LogP) is 3.64. The summed E-state index contributed by atoms with van der Waals surface area (Å²) < 4.78 is 5.22. The second-order valence-electron chi connectivity index (χ2n) is 9.89. The van der Waals surface area contributed by atoms with Crippen LogP contribution in [0.1, 0.15) is 29.9 Å². The molecular formula is C29H33N7O4. The Bertz CT molecular complexity index is 1580. The van der Waals surface area contributed by atoms with E-state index in [9.17, 15) is 9.59 Å². The molecule has 208 valence electrons. The maximum absolute atomic E-state index is 12.8. The van der Waals surface area contributed by atoms with Crippen LogP contribution in [0.25, 0.3) is 22.2 Å². The Labute approximate surface area is 232 Å². The molecule has 0 spiro atoms. The number of amides is 1. The van der Waals surface area contributed by atoms with E-state index >= 15 is 0 Å². The molecular weight excluding hydrogens is 510 g/mol. The molecule has 2 N–H and O–H groups in total. The van der Waals surface area contributed by atoms with Crippen LogP contribution in [0, 0.1) is 6.92 Å². The van der Waals surface area contributed by atoms with Gasteiger partial charge in [-0.25, -0.2) is 15.0 Å². The van der Waals surface area contributed by atoms with Gasteiger partial charge < -0.3 is 15.0 Å². The van der Waals surface area contributed by atoms with Crippen LogP contribution >= 0.6 is 0 Å². The van der Waals surface area contributed by atoms with Gasteiger partial charge in [0, 0.05) is 18.9 Å². The van der Waals surface area contributed by atoms with Crippen LogP contribution < -0.4 is 15.6 Å². The van der Waals surface area contributed by atoms with Crippen molar-refractivity contribution in [2.24, 2.45) is 0 Å². The van der Waals surface area contributed by atoms with E-state index in [0.717, 1.165) is 42.6 Å². The number of carbonyl (C=O) groups excluding carboxylic acids is 1. The van der Waals surface area contributed by atoms with E-state index in [-0.39, 0.29) is 11.5 Å². The number of aromatic amines is 1. The second kappa shape index (κ2) is 11.8. The molecule has 1 fully saturated rings. The van der Waals surface area contributed by atoms with Crippen LogP contribution in [0.4, 0.5) is 11.5 Å². The number of nitrogens with zero attached hydrogens (tertiary/aromatic N) is 5. The Balaban J connectivity index is 1.37. The summed E-state index contributed by atoms with van der Waals surface area (Å²) in [4.78, 5) is 48.3. The molecule has 0 saturated carbocycles. The summed E-state index contributed by atoms with van der Waals surface area (Å²) in [6.45, 7) is 4.17. The Morgan fingerprint density at radius 3 is 2.65 bits per heavy atom. The number of methoxy groups -OCH3 is 1. The minimum Gasteiger partial charge on any atom is -0.480 e. The third kappa shape index (κ3) is 5.80. The molecule has 1 saturated heterocycles. The normalized spacial score (nSPS) is 14.3. The number of ether oxygens (including phenoxy) is 1. The third-order valence-corrected chi connectivity index (χ3v) is 7.38. The van der Waals surface area contributed by atoms with Gasteiger partial charge in [-0.05, 0) is 79.6 Å². The number of aryl methyl sites for hydroxylation is 1. The fourth-order valence-corrected chi connectivity index (χ4v) is 5.15. The average molecular weight is 544 g/mol. The topological polar surface area (TPSA) is 126 Å². The number of likely N-dealkylation sites (tertiary alicyclic amines) is 1. The van der Waals surface area contributed by atoms with Crippen molar-refractivity contribution >= 4 is 28.2 Å². The zero-order valence-corrected chi connectivity index (χ0v) is 23.1. The monoisotopic (exact) mass is 543 g/mol. The molecule has 0 atom stereocenters. The predicted molar refractivity (Wildman–Crippen MR) is 153 cm³/mol. The summed E-state index contributed by atoms with van der Waals surface area (Å²) in [7, 11) is 4.66. The summed E-state index contributed by atoms with van der Waals surface area (Å²) in [5, 5.41) is 5.84. The smallest absolute Gasteiger partial charge is 0.259 e. The van der Waals surface area contributed by atoms with E-state index in [1.807, 2.05) is 18.2 Å². The van der Waals surface area contributed by atoms with Gasteiger partial charge in [0.2, 0.25) is 5.88 Å². The first kappa shape index (κ1) is 27.2. The van der Waals surface area contributed by atoms with Gasteiger partial charge in [-0.3, -0.25) is 24.3 Å². The number of hydrogen-bond donors (Lipinski definition) is 2. The highest BCUT2D eigenvalue weighted by molar-refractivity contribution is 5.94. The molecule has 0 unspecified atom stereocenters. The van der Waals surface area contributed by atoms with Gasteiger partial charge >= 0.3 is 0 Å². The lowest BCUT2D eigenvalue weighted by molar-refractivity contribution is -0.170.